The molecule has 1 rings (SSSR count). The molecule has 2 N–H and O–H groups in total. The second-order valence-corrected chi connectivity index (χ2v) is 4.93. The summed E-state index contributed by atoms with van der Waals surface area (Å²) in [4.78, 5) is 2.48. The number of likely N-dealkylation sites (tertiary alicyclic amines) is 1. The summed E-state index contributed by atoms with van der Waals surface area (Å²) >= 11 is 0. The predicted molar refractivity (Wildman–Crippen MR) is 64.0 cm³/mol. The fourth-order valence-electron chi connectivity index (χ4n) is 1.98. The van der Waals surface area contributed by atoms with Crippen LogP contribution in [0.25, 0.3) is 0 Å². The van der Waals surface area contributed by atoms with Gasteiger partial charge in [-0.1, -0.05) is 20.8 Å². The fraction of sp³-hybridized carbons (Fsp3) is 1.00. The molecule has 1 unspecified atom stereocenters. The molecule has 1 saturated heterocycles. The minimum absolute atomic E-state index is 0.200. The van der Waals surface area contributed by atoms with Gasteiger partial charge in [-0.15, -0.1) is 0 Å². The maximum absolute atomic E-state index is 9.68. The smallest absolute Gasteiger partial charge is 0.0687 e. The number of piperidine rings is 1. The summed E-state index contributed by atoms with van der Waals surface area (Å²) in [5.41, 5.74) is 0. The van der Waals surface area contributed by atoms with Crippen LogP contribution in [0.3, 0.4) is 0 Å². The van der Waals surface area contributed by atoms with Gasteiger partial charge < -0.3 is 15.3 Å². The van der Waals surface area contributed by atoms with Crippen LogP contribution in [0, 0.1) is 5.92 Å². The molecule has 15 heavy (non-hydrogen) atoms. The molecule has 0 bridgehead atoms. The number of hydrogen-bond donors (Lipinski definition) is 2. The van der Waals surface area contributed by atoms with E-state index in [9.17, 15) is 5.11 Å². The van der Waals surface area contributed by atoms with E-state index in [1.807, 2.05) is 0 Å². The molecule has 3 heteroatoms. The first-order chi connectivity index (χ1) is 7.13. The molecular formula is C12H26N2O. The van der Waals surface area contributed by atoms with Crippen molar-refractivity contribution in [1.29, 1.82) is 0 Å². The van der Waals surface area contributed by atoms with Crippen LogP contribution in [0.2, 0.25) is 0 Å². The lowest BCUT2D eigenvalue weighted by atomic mass is 10.0. The van der Waals surface area contributed by atoms with Crippen molar-refractivity contribution in [3.05, 3.63) is 0 Å². The predicted octanol–water partition coefficient (Wildman–Crippen LogP) is 1.08. The van der Waals surface area contributed by atoms with Crippen molar-refractivity contribution in [2.24, 2.45) is 5.92 Å². The van der Waals surface area contributed by atoms with E-state index in [0.717, 1.165) is 6.54 Å². The van der Waals surface area contributed by atoms with Gasteiger partial charge >= 0.3 is 0 Å². The molecule has 0 aromatic rings. The molecule has 0 aromatic carbocycles. The summed E-state index contributed by atoms with van der Waals surface area (Å²) in [6.45, 7) is 10.7. The van der Waals surface area contributed by atoms with E-state index in [4.69, 9.17) is 0 Å². The van der Waals surface area contributed by atoms with Crippen molar-refractivity contribution < 1.29 is 5.11 Å². The van der Waals surface area contributed by atoms with E-state index in [-0.39, 0.29) is 6.10 Å². The van der Waals surface area contributed by atoms with Crippen LogP contribution >= 0.6 is 0 Å². The van der Waals surface area contributed by atoms with Gasteiger partial charge in [0.15, 0.2) is 0 Å². The monoisotopic (exact) mass is 214 g/mol. The van der Waals surface area contributed by atoms with E-state index in [0.29, 0.717) is 12.0 Å². The molecule has 0 radical (unpaired) electrons. The van der Waals surface area contributed by atoms with Gasteiger partial charge in [0, 0.05) is 12.6 Å². The molecule has 3 nitrogen and oxygen atoms in total. The van der Waals surface area contributed by atoms with Crippen molar-refractivity contribution >= 4 is 0 Å². The minimum atomic E-state index is -0.200. The van der Waals surface area contributed by atoms with Gasteiger partial charge in [-0.05, 0) is 38.4 Å². The molecule has 0 saturated carbocycles. The highest BCUT2D eigenvalue weighted by Gasteiger charge is 2.18. The highest BCUT2D eigenvalue weighted by Crippen LogP contribution is 2.10. The zero-order valence-electron chi connectivity index (χ0n) is 10.4. The topological polar surface area (TPSA) is 35.5 Å². The summed E-state index contributed by atoms with van der Waals surface area (Å²) in [5, 5.41) is 13.2. The van der Waals surface area contributed by atoms with Crippen molar-refractivity contribution in [1.82, 2.24) is 10.2 Å². The van der Waals surface area contributed by atoms with Crippen LogP contribution in [0.4, 0.5) is 0 Å². The van der Waals surface area contributed by atoms with Crippen molar-refractivity contribution in [3.8, 4) is 0 Å². The Morgan fingerprint density at radius 2 is 1.93 bits per heavy atom. The van der Waals surface area contributed by atoms with Crippen LogP contribution in [0.15, 0.2) is 0 Å². The van der Waals surface area contributed by atoms with E-state index < -0.39 is 0 Å². The molecule has 1 aliphatic rings. The van der Waals surface area contributed by atoms with Gasteiger partial charge in [0.25, 0.3) is 0 Å². The van der Waals surface area contributed by atoms with Gasteiger partial charge in [-0.2, -0.15) is 0 Å². The minimum Gasteiger partial charge on any atom is -0.392 e. The maximum atomic E-state index is 9.68. The fourth-order valence-corrected chi connectivity index (χ4v) is 1.98. The maximum Gasteiger partial charge on any atom is 0.0687 e. The van der Waals surface area contributed by atoms with Crippen LogP contribution < -0.4 is 5.32 Å². The number of nitrogens with zero attached hydrogens (tertiary/aromatic N) is 1. The second kappa shape index (κ2) is 6.46. The van der Waals surface area contributed by atoms with Gasteiger partial charge in [0.2, 0.25) is 0 Å². The summed E-state index contributed by atoms with van der Waals surface area (Å²) in [6, 6.07) is 0.612. The molecule has 90 valence electrons. The quantitative estimate of drug-likeness (QED) is 0.719. The average Bonchev–Trinajstić information content (AvgIpc) is 2.26. The Labute approximate surface area is 93.9 Å². The van der Waals surface area contributed by atoms with Gasteiger partial charge in [0.1, 0.15) is 0 Å². The SMILES string of the molecule is CCN1CCC(NCC(O)C(C)C)CC1. The Hall–Kier alpha value is -0.120. The third kappa shape index (κ3) is 4.49. The van der Waals surface area contributed by atoms with E-state index in [1.165, 1.54) is 32.5 Å². The zero-order chi connectivity index (χ0) is 11.3. The number of aliphatic hydroxyl groups is 1. The van der Waals surface area contributed by atoms with Crippen molar-refractivity contribution in [2.75, 3.05) is 26.2 Å². The van der Waals surface area contributed by atoms with E-state index in [1.54, 1.807) is 0 Å². The number of hydrogen-bond acceptors (Lipinski definition) is 3. The Morgan fingerprint density at radius 1 is 1.33 bits per heavy atom. The standard InChI is InChI=1S/C12H26N2O/c1-4-14-7-5-11(6-8-14)13-9-12(15)10(2)3/h10-13,15H,4-9H2,1-3H3. The van der Waals surface area contributed by atoms with E-state index in [2.05, 4.69) is 31.0 Å². The Balaban J connectivity index is 2.13. The zero-order valence-corrected chi connectivity index (χ0v) is 10.4. The first-order valence-electron chi connectivity index (χ1n) is 6.27. The van der Waals surface area contributed by atoms with Crippen molar-refractivity contribution in [2.45, 2.75) is 45.8 Å². The molecule has 0 aliphatic carbocycles. The first kappa shape index (κ1) is 12.9. The molecular weight excluding hydrogens is 188 g/mol. The molecule has 0 aromatic heterocycles. The van der Waals surface area contributed by atoms with Crippen LogP contribution in [0.5, 0.6) is 0 Å². The largest absolute Gasteiger partial charge is 0.392 e. The summed E-state index contributed by atoms with van der Waals surface area (Å²) < 4.78 is 0. The number of aliphatic hydroxyl groups excluding tert-OH is 1. The third-order valence-electron chi connectivity index (χ3n) is 3.42. The van der Waals surface area contributed by atoms with Crippen molar-refractivity contribution in [3.63, 3.8) is 0 Å². The van der Waals surface area contributed by atoms with Crippen LogP contribution in [-0.2, 0) is 0 Å². The Bertz CT molecular complexity index is 165. The lowest BCUT2D eigenvalue weighted by Crippen LogP contribution is -2.45. The Kier molecular flexibility index (Phi) is 5.58. The average molecular weight is 214 g/mol. The molecule has 1 heterocycles. The number of rotatable bonds is 5. The summed E-state index contributed by atoms with van der Waals surface area (Å²) in [5.74, 6) is 0.355. The first-order valence-corrected chi connectivity index (χ1v) is 6.27. The molecule has 1 aliphatic heterocycles. The van der Waals surface area contributed by atoms with Gasteiger partial charge in [-0.25, -0.2) is 0 Å². The number of nitrogens with one attached hydrogen (secondary N) is 1. The van der Waals surface area contributed by atoms with Gasteiger partial charge in [0.05, 0.1) is 6.10 Å². The Morgan fingerprint density at radius 3 is 2.40 bits per heavy atom. The lowest BCUT2D eigenvalue weighted by Gasteiger charge is -2.32. The summed E-state index contributed by atoms with van der Waals surface area (Å²) in [6.07, 6.45) is 2.24. The highest BCUT2D eigenvalue weighted by atomic mass is 16.3. The molecule has 0 spiro atoms. The lowest BCUT2D eigenvalue weighted by molar-refractivity contribution is 0.113. The van der Waals surface area contributed by atoms with Crippen LogP contribution in [-0.4, -0.2) is 48.3 Å². The molecule has 1 atom stereocenters. The normalized spacial score (nSPS) is 22.2. The molecule has 0 amide bonds. The summed E-state index contributed by atoms with van der Waals surface area (Å²) in [7, 11) is 0. The van der Waals surface area contributed by atoms with E-state index >= 15 is 0 Å². The highest BCUT2D eigenvalue weighted by molar-refractivity contribution is 4.78. The second-order valence-electron chi connectivity index (χ2n) is 4.93. The third-order valence-corrected chi connectivity index (χ3v) is 3.42. The molecule has 1 fully saturated rings. The van der Waals surface area contributed by atoms with Crippen LogP contribution in [0.1, 0.15) is 33.6 Å². The van der Waals surface area contributed by atoms with Gasteiger partial charge in [-0.3, -0.25) is 0 Å².